The maximum absolute atomic E-state index is 10.9. The fraction of sp³-hybridized carbons (Fsp3) is 0.500. The third-order valence-corrected chi connectivity index (χ3v) is 3.05. The predicted molar refractivity (Wildman–Crippen MR) is 57.5 cm³/mol. The Hall–Kier alpha value is -0.870. The summed E-state index contributed by atoms with van der Waals surface area (Å²) in [6, 6.07) is 3.63. The Kier molecular flexibility index (Phi) is 4.10. The zero-order valence-corrected chi connectivity index (χ0v) is 9.25. The number of thiophene rings is 1. The molecule has 0 fully saturated rings. The van der Waals surface area contributed by atoms with Crippen LogP contribution in [0, 0.1) is 0 Å². The van der Waals surface area contributed by atoms with E-state index in [0.29, 0.717) is 13.0 Å². The Balaban J connectivity index is 2.56. The van der Waals surface area contributed by atoms with E-state index in [0.717, 1.165) is 0 Å². The molecule has 1 aromatic heterocycles. The maximum atomic E-state index is 10.9. The minimum atomic E-state index is -0.744. The molecule has 14 heavy (non-hydrogen) atoms. The van der Waals surface area contributed by atoms with Gasteiger partial charge in [0.25, 0.3) is 0 Å². The second-order valence-electron chi connectivity index (χ2n) is 3.26. The van der Waals surface area contributed by atoms with E-state index in [1.165, 1.54) is 4.88 Å². The molecule has 0 aromatic carbocycles. The summed E-state index contributed by atoms with van der Waals surface area (Å²) in [7, 11) is 1.85. The number of carbonyl (C=O) groups is 1. The smallest absolute Gasteiger partial charge is 0.320 e. The third kappa shape index (κ3) is 2.82. The molecule has 0 saturated carbocycles. The summed E-state index contributed by atoms with van der Waals surface area (Å²) >= 11 is 1.66. The van der Waals surface area contributed by atoms with E-state index >= 15 is 0 Å². The van der Waals surface area contributed by atoms with E-state index in [1.54, 1.807) is 11.3 Å². The molecule has 1 N–H and O–H groups in total. The van der Waals surface area contributed by atoms with Crippen LogP contribution in [0.1, 0.15) is 18.2 Å². The number of likely N-dealkylation sites (N-methyl/N-ethyl adjacent to an activating group) is 1. The zero-order valence-electron chi connectivity index (χ0n) is 8.43. The summed E-state index contributed by atoms with van der Waals surface area (Å²) < 4.78 is 0. The average molecular weight is 213 g/mol. The first-order valence-corrected chi connectivity index (χ1v) is 5.48. The predicted octanol–water partition coefficient (Wildman–Crippen LogP) is 2.04. The minimum Gasteiger partial charge on any atom is -0.480 e. The van der Waals surface area contributed by atoms with Crippen LogP contribution < -0.4 is 0 Å². The largest absolute Gasteiger partial charge is 0.480 e. The molecule has 0 aliphatic rings. The van der Waals surface area contributed by atoms with Crippen molar-refractivity contribution >= 4 is 17.3 Å². The molecule has 0 saturated heterocycles. The van der Waals surface area contributed by atoms with Crippen molar-refractivity contribution in [1.82, 2.24) is 4.90 Å². The molecule has 0 radical (unpaired) electrons. The van der Waals surface area contributed by atoms with Gasteiger partial charge in [0.2, 0.25) is 0 Å². The number of carboxylic acid groups (broad SMARTS) is 1. The van der Waals surface area contributed by atoms with Crippen molar-refractivity contribution in [2.24, 2.45) is 0 Å². The number of nitrogens with zero attached hydrogens (tertiary/aromatic N) is 1. The van der Waals surface area contributed by atoms with E-state index < -0.39 is 5.97 Å². The molecule has 1 heterocycles. The molecule has 1 atom stereocenters. The van der Waals surface area contributed by atoms with Gasteiger partial charge in [0.05, 0.1) is 0 Å². The fourth-order valence-corrected chi connectivity index (χ4v) is 2.20. The van der Waals surface area contributed by atoms with Crippen molar-refractivity contribution in [2.45, 2.75) is 25.9 Å². The summed E-state index contributed by atoms with van der Waals surface area (Å²) in [4.78, 5) is 13.9. The molecule has 0 bridgehead atoms. The second kappa shape index (κ2) is 5.12. The van der Waals surface area contributed by atoms with Gasteiger partial charge in [-0.1, -0.05) is 13.0 Å². The lowest BCUT2D eigenvalue weighted by atomic mass is 10.2. The van der Waals surface area contributed by atoms with Crippen molar-refractivity contribution in [3.8, 4) is 0 Å². The summed E-state index contributed by atoms with van der Waals surface area (Å²) in [5.74, 6) is -0.744. The Morgan fingerprint density at radius 1 is 1.71 bits per heavy atom. The molecule has 0 aliphatic heterocycles. The quantitative estimate of drug-likeness (QED) is 0.813. The molecule has 0 amide bonds. The van der Waals surface area contributed by atoms with Crippen LogP contribution >= 0.6 is 11.3 Å². The van der Waals surface area contributed by atoms with Gasteiger partial charge in [0.15, 0.2) is 0 Å². The normalized spacial score (nSPS) is 13.1. The van der Waals surface area contributed by atoms with Crippen LogP contribution in [0.2, 0.25) is 0 Å². The number of hydrogen-bond acceptors (Lipinski definition) is 3. The topological polar surface area (TPSA) is 40.5 Å². The first-order valence-electron chi connectivity index (χ1n) is 4.60. The monoisotopic (exact) mass is 213 g/mol. The molecule has 78 valence electrons. The summed E-state index contributed by atoms with van der Waals surface area (Å²) in [5, 5.41) is 10.9. The van der Waals surface area contributed by atoms with Crippen molar-refractivity contribution in [1.29, 1.82) is 0 Å². The van der Waals surface area contributed by atoms with Gasteiger partial charge >= 0.3 is 5.97 Å². The SMILES string of the molecule is CCC(C(=O)O)N(C)Cc1cccs1. The van der Waals surface area contributed by atoms with Gasteiger partial charge in [0.1, 0.15) is 6.04 Å². The van der Waals surface area contributed by atoms with Crippen LogP contribution in [-0.2, 0) is 11.3 Å². The van der Waals surface area contributed by atoms with Gasteiger partial charge in [-0.05, 0) is 24.9 Å². The van der Waals surface area contributed by atoms with E-state index in [2.05, 4.69) is 0 Å². The Bertz CT molecular complexity index is 284. The summed E-state index contributed by atoms with van der Waals surface area (Å²) in [5.41, 5.74) is 0. The molecule has 0 spiro atoms. The van der Waals surface area contributed by atoms with Crippen molar-refractivity contribution in [3.63, 3.8) is 0 Å². The Labute approximate surface area is 88.0 Å². The molecule has 1 rings (SSSR count). The molecule has 4 heteroatoms. The van der Waals surface area contributed by atoms with Crippen LogP contribution in [0.25, 0.3) is 0 Å². The van der Waals surface area contributed by atoms with E-state index in [1.807, 2.05) is 36.4 Å². The van der Waals surface area contributed by atoms with Crippen molar-refractivity contribution in [2.75, 3.05) is 7.05 Å². The first-order chi connectivity index (χ1) is 6.65. The van der Waals surface area contributed by atoms with Gasteiger partial charge in [-0.3, -0.25) is 9.69 Å². The highest BCUT2D eigenvalue weighted by atomic mass is 32.1. The van der Waals surface area contributed by atoms with Gasteiger partial charge in [-0.25, -0.2) is 0 Å². The standard InChI is InChI=1S/C10H15NO2S/c1-3-9(10(12)13)11(2)7-8-5-4-6-14-8/h4-6,9H,3,7H2,1-2H3,(H,12,13). The number of carboxylic acids is 1. The molecule has 1 aromatic rings. The lowest BCUT2D eigenvalue weighted by molar-refractivity contribution is -0.143. The lowest BCUT2D eigenvalue weighted by Crippen LogP contribution is -2.37. The molecule has 1 unspecified atom stereocenters. The van der Waals surface area contributed by atoms with E-state index in [-0.39, 0.29) is 6.04 Å². The highest BCUT2D eigenvalue weighted by Gasteiger charge is 2.20. The van der Waals surface area contributed by atoms with Crippen molar-refractivity contribution in [3.05, 3.63) is 22.4 Å². The second-order valence-corrected chi connectivity index (χ2v) is 4.29. The highest BCUT2D eigenvalue weighted by molar-refractivity contribution is 7.09. The van der Waals surface area contributed by atoms with Crippen LogP contribution in [-0.4, -0.2) is 29.1 Å². The van der Waals surface area contributed by atoms with E-state index in [4.69, 9.17) is 5.11 Å². The third-order valence-electron chi connectivity index (χ3n) is 2.19. The van der Waals surface area contributed by atoms with Crippen LogP contribution in [0.15, 0.2) is 17.5 Å². The number of hydrogen-bond donors (Lipinski definition) is 1. The Morgan fingerprint density at radius 3 is 2.86 bits per heavy atom. The van der Waals surface area contributed by atoms with Gasteiger partial charge in [0, 0.05) is 11.4 Å². The minimum absolute atomic E-state index is 0.378. The fourth-order valence-electron chi connectivity index (χ4n) is 1.43. The number of aliphatic carboxylic acids is 1. The van der Waals surface area contributed by atoms with Crippen molar-refractivity contribution < 1.29 is 9.90 Å². The maximum Gasteiger partial charge on any atom is 0.320 e. The van der Waals surface area contributed by atoms with Gasteiger partial charge in [-0.15, -0.1) is 11.3 Å². The molecular formula is C10H15NO2S. The average Bonchev–Trinajstić information content (AvgIpc) is 2.57. The van der Waals surface area contributed by atoms with Crippen LogP contribution in [0.3, 0.4) is 0 Å². The zero-order chi connectivity index (χ0) is 10.6. The number of rotatable bonds is 5. The van der Waals surface area contributed by atoms with Crippen LogP contribution in [0.4, 0.5) is 0 Å². The first kappa shape index (κ1) is 11.2. The molecular weight excluding hydrogens is 198 g/mol. The lowest BCUT2D eigenvalue weighted by Gasteiger charge is -2.22. The van der Waals surface area contributed by atoms with Gasteiger partial charge < -0.3 is 5.11 Å². The summed E-state index contributed by atoms with van der Waals surface area (Å²) in [6.45, 7) is 2.60. The van der Waals surface area contributed by atoms with E-state index in [9.17, 15) is 4.79 Å². The molecule has 3 nitrogen and oxygen atoms in total. The summed E-state index contributed by atoms with van der Waals surface area (Å²) in [6.07, 6.45) is 0.636. The van der Waals surface area contributed by atoms with Crippen LogP contribution in [0.5, 0.6) is 0 Å². The molecule has 0 aliphatic carbocycles. The Morgan fingerprint density at radius 2 is 2.43 bits per heavy atom. The van der Waals surface area contributed by atoms with Gasteiger partial charge in [-0.2, -0.15) is 0 Å². The highest BCUT2D eigenvalue weighted by Crippen LogP contribution is 2.13.